The van der Waals surface area contributed by atoms with E-state index in [1.807, 2.05) is 13.8 Å². The SMILES string of the molecule is CC.CC1CCNC1CN(C)C1COC1. The summed E-state index contributed by atoms with van der Waals surface area (Å²) >= 11 is 0. The molecule has 2 heterocycles. The topological polar surface area (TPSA) is 24.5 Å². The van der Waals surface area contributed by atoms with E-state index in [1.165, 1.54) is 19.5 Å². The summed E-state index contributed by atoms with van der Waals surface area (Å²) in [5, 5.41) is 3.56. The molecule has 0 amide bonds. The van der Waals surface area contributed by atoms with Gasteiger partial charge < -0.3 is 10.1 Å². The molecule has 0 spiro atoms. The van der Waals surface area contributed by atoms with Crippen LogP contribution >= 0.6 is 0 Å². The molecule has 2 aliphatic rings. The Morgan fingerprint density at radius 1 is 1.33 bits per heavy atom. The molecule has 3 nitrogen and oxygen atoms in total. The summed E-state index contributed by atoms with van der Waals surface area (Å²) in [5.74, 6) is 0.837. The highest BCUT2D eigenvalue weighted by Crippen LogP contribution is 2.17. The molecule has 0 aromatic rings. The van der Waals surface area contributed by atoms with Gasteiger partial charge in [-0.2, -0.15) is 0 Å². The summed E-state index contributed by atoms with van der Waals surface area (Å²) in [6.07, 6.45) is 1.33. The zero-order valence-corrected chi connectivity index (χ0v) is 10.6. The van der Waals surface area contributed by atoms with Crippen molar-refractivity contribution in [2.75, 3.05) is 33.4 Å². The lowest BCUT2D eigenvalue weighted by atomic mass is 10.0. The fraction of sp³-hybridized carbons (Fsp3) is 1.00. The minimum absolute atomic E-state index is 0.676. The van der Waals surface area contributed by atoms with Crippen molar-refractivity contribution in [1.29, 1.82) is 0 Å². The summed E-state index contributed by atoms with van der Waals surface area (Å²) in [4.78, 5) is 2.43. The third-order valence-electron chi connectivity index (χ3n) is 3.42. The molecule has 1 N–H and O–H groups in total. The van der Waals surface area contributed by atoms with Crippen molar-refractivity contribution < 1.29 is 4.74 Å². The molecule has 0 bridgehead atoms. The molecule has 2 aliphatic heterocycles. The van der Waals surface area contributed by atoms with Gasteiger partial charge >= 0.3 is 0 Å². The van der Waals surface area contributed by atoms with E-state index in [9.17, 15) is 0 Å². The van der Waals surface area contributed by atoms with Gasteiger partial charge in [0, 0.05) is 12.6 Å². The summed E-state index contributed by atoms with van der Waals surface area (Å²) in [6, 6.07) is 1.38. The minimum Gasteiger partial charge on any atom is -0.378 e. The molecule has 3 heteroatoms. The molecule has 0 aromatic carbocycles. The quantitative estimate of drug-likeness (QED) is 0.767. The maximum absolute atomic E-state index is 5.19. The normalized spacial score (nSPS) is 31.0. The van der Waals surface area contributed by atoms with Crippen LogP contribution < -0.4 is 5.32 Å². The van der Waals surface area contributed by atoms with Gasteiger partial charge in [0.15, 0.2) is 0 Å². The second kappa shape index (κ2) is 6.46. The molecule has 0 aromatic heterocycles. The first-order valence-corrected chi connectivity index (χ1v) is 6.28. The molecule has 2 rings (SSSR count). The number of rotatable bonds is 3. The van der Waals surface area contributed by atoms with Crippen LogP contribution in [-0.4, -0.2) is 50.3 Å². The number of hydrogen-bond donors (Lipinski definition) is 1. The van der Waals surface area contributed by atoms with E-state index >= 15 is 0 Å². The fourth-order valence-electron chi connectivity index (χ4n) is 2.08. The van der Waals surface area contributed by atoms with Crippen LogP contribution in [0.2, 0.25) is 0 Å². The number of nitrogens with zero attached hydrogens (tertiary/aromatic N) is 1. The summed E-state index contributed by atoms with van der Waals surface area (Å²) in [5.41, 5.74) is 0. The van der Waals surface area contributed by atoms with E-state index in [4.69, 9.17) is 4.74 Å². The molecule has 2 atom stereocenters. The van der Waals surface area contributed by atoms with E-state index < -0.39 is 0 Å². The van der Waals surface area contributed by atoms with Crippen LogP contribution in [0.1, 0.15) is 27.2 Å². The van der Waals surface area contributed by atoms with Crippen molar-refractivity contribution in [2.24, 2.45) is 5.92 Å². The lowest BCUT2D eigenvalue weighted by Gasteiger charge is -2.36. The van der Waals surface area contributed by atoms with E-state index in [0.717, 1.165) is 19.1 Å². The molecule has 0 saturated carbocycles. The number of ether oxygens (including phenoxy) is 1. The Kier molecular flexibility index (Phi) is 5.58. The van der Waals surface area contributed by atoms with Gasteiger partial charge in [0.25, 0.3) is 0 Å². The first kappa shape index (κ1) is 12.9. The average Bonchev–Trinajstić information content (AvgIpc) is 2.52. The Morgan fingerprint density at radius 3 is 2.40 bits per heavy atom. The molecule has 15 heavy (non-hydrogen) atoms. The predicted octanol–water partition coefficient (Wildman–Crippen LogP) is 1.34. The Morgan fingerprint density at radius 2 is 2.00 bits per heavy atom. The van der Waals surface area contributed by atoms with Gasteiger partial charge in [-0.05, 0) is 25.9 Å². The molecular formula is C12H26N2O. The van der Waals surface area contributed by atoms with Crippen LogP contribution in [0.3, 0.4) is 0 Å². The zero-order valence-electron chi connectivity index (χ0n) is 10.6. The third-order valence-corrected chi connectivity index (χ3v) is 3.42. The highest BCUT2D eigenvalue weighted by Gasteiger charge is 2.28. The van der Waals surface area contributed by atoms with Gasteiger partial charge in [0.1, 0.15) is 0 Å². The van der Waals surface area contributed by atoms with Gasteiger partial charge in [-0.3, -0.25) is 4.90 Å². The van der Waals surface area contributed by atoms with Crippen molar-refractivity contribution in [1.82, 2.24) is 10.2 Å². The summed E-state index contributed by atoms with van der Waals surface area (Å²) < 4.78 is 5.19. The smallest absolute Gasteiger partial charge is 0.0645 e. The Balaban J connectivity index is 0.000000531. The van der Waals surface area contributed by atoms with Gasteiger partial charge in [-0.25, -0.2) is 0 Å². The number of hydrogen-bond acceptors (Lipinski definition) is 3. The first-order chi connectivity index (χ1) is 7.27. The molecule has 2 fully saturated rings. The molecular weight excluding hydrogens is 188 g/mol. The second-order valence-corrected chi connectivity index (χ2v) is 4.46. The monoisotopic (exact) mass is 214 g/mol. The van der Waals surface area contributed by atoms with Crippen LogP contribution in [0.4, 0.5) is 0 Å². The highest BCUT2D eigenvalue weighted by molar-refractivity contribution is 4.85. The van der Waals surface area contributed by atoms with Gasteiger partial charge in [0.2, 0.25) is 0 Å². The number of nitrogens with one attached hydrogen (secondary N) is 1. The van der Waals surface area contributed by atoms with Crippen molar-refractivity contribution in [3.05, 3.63) is 0 Å². The maximum Gasteiger partial charge on any atom is 0.0645 e. The van der Waals surface area contributed by atoms with Crippen molar-refractivity contribution >= 4 is 0 Å². The van der Waals surface area contributed by atoms with Crippen LogP contribution in [0.25, 0.3) is 0 Å². The van der Waals surface area contributed by atoms with Crippen molar-refractivity contribution in [2.45, 2.75) is 39.3 Å². The van der Waals surface area contributed by atoms with Gasteiger partial charge in [-0.15, -0.1) is 0 Å². The fourth-order valence-corrected chi connectivity index (χ4v) is 2.08. The van der Waals surface area contributed by atoms with Gasteiger partial charge in [-0.1, -0.05) is 20.8 Å². The molecule has 0 aliphatic carbocycles. The van der Waals surface area contributed by atoms with E-state index in [1.54, 1.807) is 0 Å². The standard InChI is InChI=1S/C10H20N2O.C2H6/c1-8-3-4-11-10(8)5-12(2)9-6-13-7-9;1-2/h8-11H,3-7H2,1-2H3;1-2H3. The van der Waals surface area contributed by atoms with Crippen LogP contribution in [0.5, 0.6) is 0 Å². The van der Waals surface area contributed by atoms with E-state index in [-0.39, 0.29) is 0 Å². The van der Waals surface area contributed by atoms with Gasteiger partial charge in [0.05, 0.1) is 19.3 Å². The summed E-state index contributed by atoms with van der Waals surface area (Å²) in [6.45, 7) is 10.6. The molecule has 2 unspecified atom stereocenters. The number of likely N-dealkylation sites (N-methyl/N-ethyl adjacent to an activating group) is 1. The zero-order chi connectivity index (χ0) is 11.3. The van der Waals surface area contributed by atoms with Crippen molar-refractivity contribution in [3.63, 3.8) is 0 Å². The average molecular weight is 214 g/mol. The first-order valence-electron chi connectivity index (χ1n) is 6.28. The highest BCUT2D eigenvalue weighted by atomic mass is 16.5. The van der Waals surface area contributed by atoms with Crippen LogP contribution in [0.15, 0.2) is 0 Å². The Labute approximate surface area is 94.2 Å². The van der Waals surface area contributed by atoms with E-state index in [0.29, 0.717) is 12.1 Å². The van der Waals surface area contributed by atoms with Crippen LogP contribution in [0, 0.1) is 5.92 Å². The van der Waals surface area contributed by atoms with Crippen LogP contribution in [-0.2, 0) is 4.74 Å². The Hall–Kier alpha value is -0.120. The maximum atomic E-state index is 5.19. The third kappa shape index (κ3) is 3.44. The molecule has 90 valence electrons. The minimum atomic E-state index is 0.676. The van der Waals surface area contributed by atoms with Crippen molar-refractivity contribution in [3.8, 4) is 0 Å². The van der Waals surface area contributed by atoms with E-state index in [2.05, 4.69) is 24.2 Å². The lowest BCUT2D eigenvalue weighted by molar-refractivity contribution is -0.0585. The Bertz CT molecular complexity index is 171. The lowest BCUT2D eigenvalue weighted by Crippen LogP contribution is -2.51. The largest absolute Gasteiger partial charge is 0.378 e. The molecule has 0 radical (unpaired) electrons. The molecule has 2 saturated heterocycles. The predicted molar refractivity (Wildman–Crippen MR) is 64.2 cm³/mol. The summed E-state index contributed by atoms with van der Waals surface area (Å²) in [7, 11) is 2.21. The second-order valence-electron chi connectivity index (χ2n) is 4.46.